The number of hydrogen-bond acceptors (Lipinski definition) is 4. The van der Waals surface area contributed by atoms with Gasteiger partial charge >= 0.3 is 0 Å². The Balaban J connectivity index is 1.67. The maximum Gasteiger partial charge on any atom is 0.268 e. The van der Waals surface area contributed by atoms with Crippen LogP contribution in [0.2, 0.25) is 5.02 Å². The van der Waals surface area contributed by atoms with Crippen molar-refractivity contribution in [2.24, 2.45) is 0 Å². The average Bonchev–Trinajstić information content (AvgIpc) is 3.43. The summed E-state index contributed by atoms with van der Waals surface area (Å²) in [5.41, 5.74) is 3.82. The number of aryl methyl sites for hydroxylation is 1. The van der Waals surface area contributed by atoms with Crippen molar-refractivity contribution < 1.29 is 9.59 Å². The standard InChI is InChI=1S/C25H23ClN2O2S2/c1-16-7-4-5-8-17(16)14-27-20-11-10-18(26)13-19(20)25(23(27)30)28(15-24(2,3)32-25)22(29)21-9-6-12-31-21/h4-13H,14-15H2,1-3H3/t25-/m0/s1. The van der Waals surface area contributed by atoms with Gasteiger partial charge in [-0.15, -0.1) is 23.1 Å². The van der Waals surface area contributed by atoms with Crippen LogP contribution in [-0.4, -0.2) is 28.0 Å². The van der Waals surface area contributed by atoms with E-state index in [1.165, 1.54) is 11.3 Å². The lowest BCUT2D eigenvalue weighted by molar-refractivity contribution is -0.123. The smallest absolute Gasteiger partial charge is 0.268 e. The van der Waals surface area contributed by atoms with Crippen LogP contribution < -0.4 is 4.90 Å². The summed E-state index contributed by atoms with van der Waals surface area (Å²) in [6, 6.07) is 17.3. The Bertz CT molecular complexity index is 1220. The molecule has 0 N–H and O–H groups in total. The molecule has 3 aromatic rings. The van der Waals surface area contributed by atoms with Crippen LogP contribution in [0.4, 0.5) is 5.69 Å². The number of amides is 2. The van der Waals surface area contributed by atoms with Crippen LogP contribution in [0.1, 0.15) is 40.2 Å². The molecule has 0 radical (unpaired) electrons. The summed E-state index contributed by atoms with van der Waals surface area (Å²) < 4.78 is -0.291. The Kier molecular flexibility index (Phi) is 5.15. The molecule has 1 fully saturated rings. The first-order valence-corrected chi connectivity index (χ1v) is 12.5. The van der Waals surface area contributed by atoms with Crippen molar-refractivity contribution in [3.05, 3.63) is 86.6 Å². The predicted molar refractivity (Wildman–Crippen MR) is 133 cm³/mol. The number of thioether (sulfide) groups is 1. The fourth-order valence-electron chi connectivity index (χ4n) is 4.62. The van der Waals surface area contributed by atoms with E-state index in [1.807, 2.05) is 58.8 Å². The van der Waals surface area contributed by atoms with E-state index in [0.29, 0.717) is 23.0 Å². The van der Waals surface area contributed by atoms with Crippen LogP contribution in [0.15, 0.2) is 60.0 Å². The molecule has 0 aliphatic carbocycles. The molecule has 3 heterocycles. The van der Waals surface area contributed by atoms with Crippen molar-refractivity contribution in [3.8, 4) is 0 Å². The number of nitrogens with zero attached hydrogens (tertiary/aromatic N) is 2. The Morgan fingerprint density at radius 1 is 1.12 bits per heavy atom. The van der Waals surface area contributed by atoms with Gasteiger partial charge in [-0.3, -0.25) is 9.59 Å². The molecule has 1 saturated heterocycles. The van der Waals surface area contributed by atoms with Crippen LogP contribution in [-0.2, 0) is 16.2 Å². The van der Waals surface area contributed by atoms with Gasteiger partial charge in [0.1, 0.15) is 0 Å². The van der Waals surface area contributed by atoms with Crippen molar-refractivity contribution in [2.45, 2.75) is 36.9 Å². The number of carbonyl (C=O) groups is 2. The van der Waals surface area contributed by atoms with Crippen molar-refractivity contribution in [2.75, 3.05) is 11.4 Å². The molecule has 2 aliphatic rings. The van der Waals surface area contributed by atoms with E-state index in [9.17, 15) is 9.59 Å². The van der Waals surface area contributed by atoms with Crippen LogP contribution in [0.5, 0.6) is 0 Å². The molecule has 5 rings (SSSR count). The first-order chi connectivity index (χ1) is 15.2. The third-order valence-corrected chi connectivity index (χ3v) is 8.74. The molecule has 32 heavy (non-hydrogen) atoms. The van der Waals surface area contributed by atoms with Gasteiger partial charge in [-0.1, -0.05) is 41.9 Å². The highest BCUT2D eigenvalue weighted by atomic mass is 35.5. The molecule has 0 saturated carbocycles. The minimum atomic E-state index is -1.13. The zero-order chi connectivity index (χ0) is 22.7. The van der Waals surface area contributed by atoms with E-state index >= 15 is 0 Å². The summed E-state index contributed by atoms with van der Waals surface area (Å²) in [7, 11) is 0. The second-order valence-corrected chi connectivity index (χ2v) is 12.1. The van der Waals surface area contributed by atoms with E-state index in [0.717, 1.165) is 22.4 Å². The molecule has 7 heteroatoms. The minimum absolute atomic E-state index is 0.0847. The molecule has 1 atom stereocenters. The van der Waals surface area contributed by atoms with Gasteiger partial charge in [0.05, 0.1) is 17.1 Å². The van der Waals surface area contributed by atoms with Gasteiger partial charge in [-0.2, -0.15) is 0 Å². The van der Waals surface area contributed by atoms with E-state index in [1.54, 1.807) is 16.7 Å². The summed E-state index contributed by atoms with van der Waals surface area (Å²) in [5, 5.41) is 2.45. The molecular formula is C25H23ClN2O2S2. The topological polar surface area (TPSA) is 40.6 Å². The van der Waals surface area contributed by atoms with E-state index in [4.69, 9.17) is 11.6 Å². The molecule has 2 aromatic carbocycles. The van der Waals surface area contributed by atoms with E-state index < -0.39 is 4.87 Å². The normalized spacial score (nSPS) is 21.4. The molecule has 4 nitrogen and oxygen atoms in total. The zero-order valence-electron chi connectivity index (χ0n) is 18.1. The highest BCUT2D eigenvalue weighted by Gasteiger charge is 2.63. The monoisotopic (exact) mass is 482 g/mol. The minimum Gasteiger partial charge on any atom is -0.309 e. The average molecular weight is 483 g/mol. The summed E-state index contributed by atoms with van der Waals surface area (Å²) in [5.74, 6) is -0.200. The molecule has 2 amide bonds. The van der Waals surface area contributed by atoms with Crippen molar-refractivity contribution in [1.82, 2.24) is 4.90 Å². The number of fused-ring (bicyclic) bond motifs is 2. The molecule has 0 bridgehead atoms. The van der Waals surface area contributed by atoms with Crippen LogP contribution in [0.3, 0.4) is 0 Å². The van der Waals surface area contributed by atoms with Crippen LogP contribution >= 0.6 is 34.7 Å². The lowest BCUT2D eigenvalue weighted by Crippen LogP contribution is -2.50. The maximum absolute atomic E-state index is 14.3. The first-order valence-electron chi connectivity index (χ1n) is 10.5. The van der Waals surface area contributed by atoms with Crippen molar-refractivity contribution >= 4 is 52.2 Å². The summed E-state index contributed by atoms with van der Waals surface area (Å²) in [6.07, 6.45) is 0. The van der Waals surface area contributed by atoms with Gasteiger partial charge in [0.25, 0.3) is 11.8 Å². The molecule has 1 aromatic heterocycles. The fraction of sp³-hybridized carbons (Fsp3) is 0.280. The number of hydrogen-bond donors (Lipinski definition) is 0. The number of thiophene rings is 1. The largest absolute Gasteiger partial charge is 0.309 e. The summed E-state index contributed by atoms with van der Waals surface area (Å²) in [4.78, 5) is 31.0. The SMILES string of the molecule is Cc1ccccc1CN1C(=O)[C@@]2(SC(C)(C)CN2C(=O)c2cccs2)c2cc(Cl)ccc21. The van der Waals surface area contributed by atoms with E-state index in [2.05, 4.69) is 26.8 Å². The third-order valence-electron chi connectivity index (χ3n) is 6.06. The van der Waals surface area contributed by atoms with Gasteiger partial charge < -0.3 is 9.80 Å². The Morgan fingerprint density at radius 2 is 1.91 bits per heavy atom. The van der Waals surface area contributed by atoms with Crippen molar-refractivity contribution in [3.63, 3.8) is 0 Å². The number of carbonyl (C=O) groups excluding carboxylic acids is 2. The van der Waals surface area contributed by atoms with E-state index in [-0.39, 0.29) is 16.6 Å². The van der Waals surface area contributed by atoms with Gasteiger partial charge in [0.2, 0.25) is 0 Å². The quantitative estimate of drug-likeness (QED) is 0.454. The Morgan fingerprint density at radius 3 is 2.62 bits per heavy atom. The summed E-state index contributed by atoms with van der Waals surface area (Å²) >= 11 is 9.37. The highest BCUT2D eigenvalue weighted by molar-refractivity contribution is 8.02. The molecular weight excluding hydrogens is 460 g/mol. The third kappa shape index (κ3) is 3.28. The number of anilines is 1. The van der Waals surface area contributed by atoms with Gasteiger partial charge in [0, 0.05) is 21.9 Å². The van der Waals surface area contributed by atoms with Gasteiger partial charge in [-0.25, -0.2) is 0 Å². The lowest BCUT2D eigenvalue weighted by atomic mass is 10.0. The molecule has 2 aliphatic heterocycles. The fourth-order valence-corrected chi connectivity index (χ4v) is 7.19. The maximum atomic E-state index is 14.3. The first kappa shape index (κ1) is 21.6. The predicted octanol–water partition coefficient (Wildman–Crippen LogP) is 6.08. The van der Waals surface area contributed by atoms with Crippen molar-refractivity contribution in [1.29, 1.82) is 0 Å². The second-order valence-electron chi connectivity index (χ2n) is 8.85. The van der Waals surface area contributed by atoms with Gasteiger partial charge in [0.15, 0.2) is 4.87 Å². The van der Waals surface area contributed by atoms with Gasteiger partial charge in [-0.05, 0) is 61.5 Å². The summed E-state index contributed by atoms with van der Waals surface area (Å²) in [6.45, 7) is 7.15. The Labute approximate surface area is 201 Å². The molecule has 0 unspecified atom stereocenters. The number of benzene rings is 2. The molecule has 1 spiro atoms. The molecule has 164 valence electrons. The van der Waals surface area contributed by atoms with Crippen LogP contribution in [0.25, 0.3) is 0 Å². The highest BCUT2D eigenvalue weighted by Crippen LogP contribution is 2.60. The second kappa shape index (κ2) is 7.65. The lowest BCUT2D eigenvalue weighted by Gasteiger charge is -2.33. The Hall–Kier alpha value is -2.28. The van der Waals surface area contributed by atoms with Crippen LogP contribution in [0, 0.1) is 6.92 Å². The number of halogens is 1. The zero-order valence-corrected chi connectivity index (χ0v) is 20.5. The number of rotatable bonds is 3.